The van der Waals surface area contributed by atoms with Gasteiger partial charge in [0.25, 0.3) is 0 Å². The van der Waals surface area contributed by atoms with Gasteiger partial charge in [0.2, 0.25) is 10.0 Å². The predicted octanol–water partition coefficient (Wildman–Crippen LogP) is 2.90. The fourth-order valence-corrected chi connectivity index (χ4v) is 3.88. The maximum atomic E-state index is 11.8. The second-order valence-corrected chi connectivity index (χ2v) is 6.48. The van der Waals surface area contributed by atoms with E-state index in [1.165, 1.54) is 0 Å². The van der Waals surface area contributed by atoms with Gasteiger partial charge in [-0.2, -0.15) is 0 Å². The van der Waals surface area contributed by atoms with E-state index in [2.05, 4.69) is 36.6 Å². The Hall–Kier alpha value is 0.0900. The van der Waals surface area contributed by atoms with Crippen LogP contribution in [-0.2, 0) is 10.0 Å². The Morgan fingerprint density at radius 3 is 2.53 bits per heavy atom. The van der Waals surface area contributed by atoms with Crippen LogP contribution in [0.25, 0.3) is 0 Å². The highest BCUT2D eigenvalue weighted by molar-refractivity contribution is 9.11. The van der Waals surface area contributed by atoms with E-state index < -0.39 is 10.0 Å². The Balaban J connectivity index is 3.05. The molecule has 1 aromatic rings. The first-order valence-corrected chi connectivity index (χ1v) is 7.49. The van der Waals surface area contributed by atoms with E-state index >= 15 is 0 Å². The zero-order valence-corrected chi connectivity index (χ0v) is 12.1. The minimum absolute atomic E-state index is 0.263. The normalized spacial score (nSPS) is 11.7. The summed E-state index contributed by atoms with van der Waals surface area (Å²) >= 11 is 6.50. The number of benzene rings is 1. The second-order valence-electron chi connectivity index (χ2n) is 2.97. The second kappa shape index (κ2) is 5.43. The largest absolute Gasteiger partial charge is 0.241 e. The van der Waals surface area contributed by atoms with E-state index in [0.717, 1.165) is 10.9 Å². The Morgan fingerprint density at radius 2 is 2.00 bits per heavy atom. The Morgan fingerprint density at radius 1 is 1.33 bits per heavy atom. The molecule has 0 aliphatic carbocycles. The van der Waals surface area contributed by atoms with Crippen LogP contribution >= 0.6 is 31.9 Å². The average molecular weight is 357 g/mol. The molecule has 0 radical (unpaired) electrons. The molecule has 15 heavy (non-hydrogen) atoms. The molecule has 6 heteroatoms. The summed E-state index contributed by atoms with van der Waals surface area (Å²) in [7, 11) is -3.39. The van der Waals surface area contributed by atoms with Crippen LogP contribution in [0.15, 0.2) is 32.0 Å². The monoisotopic (exact) mass is 355 g/mol. The minimum atomic E-state index is -3.39. The summed E-state index contributed by atoms with van der Waals surface area (Å²) in [6, 6.07) is 4.97. The molecule has 0 spiro atoms. The van der Waals surface area contributed by atoms with Crippen LogP contribution in [0, 0.1) is 0 Å². The lowest BCUT2D eigenvalue weighted by molar-refractivity contribution is 0.580. The summed E-state index contributed by atoms with van der Waals surface area (Å²) in [6.07, 6.45) is 0.771. The van der Waals surface area contributed by atoms with Gasteiger partial charge >= 0.3 is 0 Å². The third-order valence-electron chi connectivity index (χ3n) is 1.73. The zero-order valence-electron chi connectivity index (χ0n) is 8.13. The number of halogens is 2. The highest BCUT2D eigenvalue weighted by atomic mass is 79.9. The Bertz CT molecular complexity index is 445. The molecular formula is C9H11Br2NO2S. The van der Waals surface area contributed by atoms with Crippen molar-refractivity contribution in [3.05, 3.63) is 27.1 Å². The molecule has 0 bridgehead atoms. The molecule has 1 N–H and O–H groups in total. The van der Waals surface area contributed by atoms with Crippen molar-refractivity contribution in [3.8, 4) is 0 Å². The van der Waals surface area contributed by atoms with Crippen LogP contribution in [0.5, 0.6) is 0 Å². The molecule has 0 saturated heterocycles. The third-order valence-corrected chi connectivity index (χ3v) is 4.66. The Kier molecular flexibility index (Phi) is 4.76. The van der Waals surface area contributed by atoms with Crippen molar-refractivity contribution in [2.45, 2.75) is 18.2 Å². The van der Waals surface area contributed by atoms with E-state index in [1.807, 2.05) is 6.92 Å². The lowest BCUT2D eigenvalue weighted by atomic mass is 10.4. The van der Waals surface area contributed by atoms with E-state index in [1.54, 1.807) is 18.2 Å². The topological polar surface area (TPSA) is 46.2 Å². The number of hydrogen-bond acceptors (Lipinski definition) is 2. The lowest BCUT2D eigenvalue weighted by Gasteiger charge is -2.07. The molecule has 0 unspecified atom stereocenters. The molecule has 0 saturated carbocycles. The first-order chi connectivity index (χ1) is 6.97. The Labute approximate surface area is 107 Å². The highest BCUT2D eigenvalue weighted by Crippen LogP contribution is 2.25. The number of hydrogen-bond donors (Lipinski definition) is 1. The third kappa shape index (κ3) is 3.55. The number of nitrogens with one attached hydrogen (secondary N) is 1. The van der Waals surface area contributed by atoms with Crippen molar-refractivity contribution in [3.63, 3.8) is 0 Å². The molecule has 0 aromatic heterocycles. The van der Waals surface area contributed by atoms with Gasteiger partial charge in [0.1, 0.15) is 0 Å². The minimum Gasteiger partial charge on any atom is -0.211 e. The zero-order chi connectivity index (χ0) is 11.5. The number of sulfonamides is 1. The van der Waals surface area contributed by atoms with Crippen LogP contribution in [-0.4, -0.2) is 15.0 Å². The van der Waals surface area contributed by atoms with Crippen molar-refractivity contribution in [1.82, 2.24) is 4.72 Å². The van der Waals surface area contributed by atoms with E-state index in [4.69, 9.17) is 0 Å². The summed E-state index contributed by atoms with van der Waals surface area (Å²) in [5.74, 6) is 0. The van der Waals surface area contributed by atoms with Crippen LogP contribution < -0.4 is 4.72 Å². The maximum Gasteiger partial charge on any atom is 0.241 e. The average Bonchev–Trinajstić information content (AvgIpc) is 2.14. The van der Waals surface area contributed by atoms with Gasteiger partial charge in [-0.25, -0.2) is 13.1 Å². The SMILES string of the molecule is CCCNS(=O)(=O)c1ccc(Br)cc1Br. The molecule has 0 amide bonds. The van der Waals surface area contributed by atoms with E-state index in [0.29, 0.717) is 11.0 Å². The van der Waals surface area contributed by atoms with Crippen LogP contribution in [0.4, 0.5) is 0 Å². The van der Waals surface area contributed by atoms with Crippen LogP contribution in [0.2, 0.25) is 0 Å². The summed E-state index contributed by atoms with van der Waals surface area (Å²) in [5.41, 5.74) is 0. The van der Waals surface area contributed by atoms with Gasteiger partial charge in [-0.3, -0.25) is 0 Å². The predicted molar refractivity (Wildman–Crippen MR) is 67.3 cm³/mol. The molecule has 0 heterocycles. The quantitative estimate of drug-likeness (QED) is 0.901. The fourth-order valence-electron chi connectivity index (χ4n) is 1.01. The van der Waals surface area contributed by atoms with Crippen LogP contribution in [0.3, 0.4) is 0 Å². The van der Waals surface area contributed by atoms with E-state index in [9.17, 15) is 8.42 Å². The van der Waals surface area contributed by atoms with E-state index in [-0.39, 0.29) is 4.90 Å². The first kappa shape index (κ1) is 13.2. The van der Waals surface area contributed by atoms with Gasteiger partial charge in [-0.05, 0) is 40.5 Å². The maximum absolute atomic E-state index is 11.8. The molecule has 0 aliphatic rings. The molecule has 3 nitrogen and oxygen atoms in total. The van der Waals surface area contributed by atoms with Crippen LogP contribution in [0.1, 0.15) is 13.3 Å². The summed E-state index contributed by atoms with van der Waals surface area (Å²) in [5, 5.41) is 0. The number of rotatable bonds is 4. The first-order valence-electron chi connectivity index (χ1n) is 4.42. The molecular weight excluding hydrogens is 346 g/mol. The molecule has 0 aliphatic heterocycles. The van der Waals surface area contributed by atoms with Crippen molar-refractivity contribution >= 4 is 41.9 Å². The van der Waals surface area contributed by atoms with Gasteiger partial charge in [0.05, 0.1) is 4.90 Å². The molecule has 0 atom stereocenters. The molecule has 0 fully saturated rings. The van der Waals surface area contributed by atoms with Gasteiger partial charge in [-0.1, -0.05) is 22.9 Å². The van der Waals surface area contributed by atoms with Crippen molar-refractivity contribution in [2.24, 2.45) is 0 Å². The molecule has 1 aromatic carbocycles. The molecule has 84 valence electrons. The lowest BCUT2D eigenvalue weighted by Crippen LogP contribution is -2.24. The summed E-state index contributed by atoms with van der Waals surface area (Å²) in [4.78, 5) is 0.263. The highest BCUT2D eigenvalue weighted by Gasteiger charge is 2.16. The summed E-state index contributed by atoms with van der Waals surface area (Å²) < 4.78 is 27.4. The summed E-state index contributed by atoms with van der Waals surface area (Å²) in [6.45, 7) is 2.37. The van der Waals surface area contributed by atoms with Crippen molar-refractivity contribution in [2.75, 3.05) is 6.54 Å². The fraction of sp³-hybridized carbons (Fsp3) is 0.333. The molecule has 1 rings (SSSR count). The standard InChI is InChI=1S/C9H11Br2NO2S/c1-2-5-12-15(13,14)9-4-3-7(10)6-8(9)11/h3-4,6,12H,2,5H2,1H3. The van der Waals surface area contributed by atoms with Gasteiger partial charge in [0.15, 0.2) is 0 Å². The van der Waals surface area contributed by atoms with Crippen molar-refractivity contribution in [1.29, 1.82) is 0 Å². The van der Waals surface area contributed by atoms with Gasteiger partial charge in [0, 0.05) is 15.5 Å². The van der Waals surface area contributed by atoms with Gasteiger partial charge in [-0.15, -0.1) is 0 Å². The van der Waals surface area contributed by atoms with Gasteiger partial charge < -0.3 is 0 Å². The smallest absolute Gasteiger partial charge is 0.211 e. The van der Waals surface area contributed by atoms with Crippen molar-refractivity contribution < 1.29 is 8.42 Å².